The molecule has 0 aliphatic carbocycles. The molecular formula is C19H15N3O3. The summed E-state index contributed by atoms with van der Waals surface area (Å²) in [5.74, 6) is 0.672. The Balaban J connectivity index is 2.14. The number of rotatable bonds is 2. The molecule has 2 aromatic carbocycles. The first-order valence-electron chi connectivity index (χ1n) is 7.78. The third kappa shape index (κ3) is 2.39. The van der Waals surface area contributed by atoms with Gasteiger partial charge in [-0.2, -0.15) is 0 Å². The molecule has 0 spiro atoms. The van der Waals surface area contributed by atoms with Crippen molar-refractivity contribution in [3.63, 3.8) is 0 Å². The van der Waals surface area contributed by atoms with Crippen LogP contribution in [-0.2, 0) is 0 Å². The van der Waals surface area contributed by atoms with Crippen molar-refractivity contribution in [1.29, 1.82) is 0 Å². The highest BCUT2D eigenvalue weighted by atomic mass is 16.5. The molecule has 0 amide bonds. The Kier molecular flexibility index (Phi) is 3.39. The van der Waals surface area contributed by atoms with Gasteiger partial charge in [0.2, 0.25) is 0 Å². The topological polar surface area (TPSA) is 87.8 Å². The number of fused-ring (bicyclic) bond motifs is 2. The smallest absolute Gasteiger partial charge is 0.326 e. The van der Waals surface area contributed by atoms with Crippen LogP contribution in [0.2, 0.25) is 0 Å². The summed E-state index contributed by atoms with van der Waals surface area (Å²) < 4.78 is 5.53. The van der Waals surface area contributed by atoms with Gasteiger partial charge in [-0.3, -0.25) is 9.78 Å². The molecule has 0 unspecified atom stereocenters. The van der Waals surface area contributed by atoms with E-state index in [9.17, 15) is 9.59 Å². The maximum atomic E-state index is 12.2. The maximum absolute atomic E-state index is 12.2. The first kappa shape index (κ1) is 15.1. The van der Waals surface area contributed by atoms with Gasteiger partial charge in [0.05, 0.1) is 23.9 Å². The van der Waals surface area contributed by atoms with E-state index < -0.39 is 11.2 Å². The minimum atomic E-state index is -0.544. The highest BCUT2D eigenvalue weighted by molar-refractivity contribution is 6.00. The van der Waals surface area contributed by atoms with Gasteiger partial charge in [0.15, 0.2) is 5.52 Å². The van der Waals surface area contributed by atoms with E-state index in [1.165, 1.54) is 0 Å². The molecule has 4 rings (SSSR count). The number of aryl methyl sites for hydroxylation is 1. The summed E-state index contributed by atoms with van der Waals surface area (Å²) in [6.07, 6.45) is 0. The molecule has 6 nitrogen and oxygen atoms in total. The largest absolute Gasteiger partial charge is 0.496 e. The second-order valence-corrected chi connectivity index (χ2v) is 5.82. The average Bonchev–Trinajstić information content (AvgIpc) is 2.61. The third-order valence-corrected chi connectivity index (χ3v) is 4.26. The van der Waals surface area contributed by atoms with Crippen molar-refractivity contribution >= 4 is 21.8 Å². The summed E-state index contributed by atoms with van der Waals surface area (Å²) >= 11 is 0. The number of hydrogen-bond acceptors (Lipinski definition) is 4. The SMILES string of the molecule is COc1ccc2ccccc2c1-c1cc(C)c2[nH]c(=O)[nH]c(=O)c2n1. The van der Waals surface area contributed by atoms with Crippen LogP contribution in [-0.4, -0.2) is 22.1 Å². The number of ether oxygens (including phenoxy) is 1. The van der Waals surface area contributed by atoms with Crippen LogP contribution in [0.5, 0.6) is 5.75 Å². The Bertz CT molecular complexity index is 1240. The van der Waals surface area contributed by atoms with Crippen LogP contribution in [0.4, 0.5) is 0 Å². The summed E-state index contributed by atoms with van der Waals surface area (Å²) in [7, 11) is 1.60. The summed E-state index contributed by atoms with van der Waals surface area (Å²) in [6, 6.07) is 13.6. The van der Waals surface area contributed by atoms with Gasteiger partial charge in [0.1, 0.15) is 5.75 Å². The van der Waals surface area contributed by atoms with Crippen molar-refractivity contribution < 1.29 is 4.74 Å². The van der Waals surface area contributed by atoms with E-state index in [2.05, 4.69) is 15.0 Å². The van der Waals surface area contributed by atoms with Gasteiger partial charge in [-0.1, -0.05) is 30.3 Å². The Hall–Kier alpha value is -3.41. The van der Waals surface area contributed by atoms with Gasteiger partial charge >= 0.3 is 5.69 Å². The van der Waals surface area contributed by atoms with E-state index in [4.69, 9.17) is 4.74 Å². The normalized spacial score (nSPS) is 11.1. The van der Waals surface area contributed by atoms with Crippen LogP contribution in [0.3, 0.4) is 0 Å². The molecule has 2 heterocycles. The summed E-state index contributed by atoms with van der Waals surface area (Å²) in [5, 5.41) is 2.03. The highest BCUT2D eigenvalue weighted by Crippen LogP contribution is 2.36. The number of nitrogens with zero attached hydrogens (tertiary/aromatic N) is 1. The monoisotopic (exact) mass is 333 g/mol. The Morgan fingerprint density at radius 3 is 2.64 bits per heavy atom. The van der Waals surface area contributed by atoms with Crippen LogP contribution in [0.1, 0.15) is 5.56 Å². The van der Waals surface area contributed by atoms with Crippen LogP contribution >= 0.6 is 0 Å². The molecule has 25 heavy (non-hydrogen) atoms. The van der Waals surface area contributed by atoms with E-state index in [-0.39, 0.29) is 5.52 Å². The zero-order valence-corrected chi connectivity index (χ0v) is 13.7. The zero-order chi connectivity index (χ0) is 17.6. The fraction of sp³-hybridized carbons (Fsp3) is 0.105. The van der Waals surface area contributed by atoms with Crippen LogP contribution in [0, 0.1) is 6.92 Å². The van der Waals surface area contributed by atoms with Crippen molar-refractivity contribution in [2.75, 3.05) is 7.11 Å². The maximum Gasteiger partial charge on any atom is 0.326 e. The van der Waals surface area contributed by atoms with Gasteiger partial charge in [-0.15, -0.1) is 0 Å². The van der Waals surface area contributed by atoms with Crippen molar-refractivity contribution in [3.05, 3.63) is 68.9 Å². The molecule has 0 fully saturated rings. The summed E-state index contributed by atoms with van der Waals surface area (Å²) in [5.41, 5.74) is 1.78. The zero-order valence-electron chi connectivity index (χ0n) is 13.7. The summed E-state index contributed by atoms with van der Waals surface area (Å²) in [6.45, 7) is 1.83. The first-order chi connectivity index (χ1) is 12.1. The lowest BCUT2D eigenvalue weighted by Crippen LogP contribution is -2.23. The van der Waals surface area contributed by atoms with Gasteiger partial charge in [0.25, 0.3) is 5.56 Å². The Morgan fingerprint density at radius 2 is 1.84 bits per heavy atom. The number of nitrogens with one attached hydrogen (secondary N) is 2. The fourth-order valence-electron chi connectivity index (χ4n) is 3.12. The third-order valence-electron chi connectivity index (χ3n) is 4.26. The second kappa shape index (κ2) is 5.59. The van der Waals surface area contributed by atoms with Crippen LogP contribution in [0.25, 0.3) is 33.1 Å². The number of H-pyrrole nitrogens is 2. The molecule has 0 aliphatic heterocycles. The molecule has 0 atom stereocenters. The minimum Gasteiger partial charge on any atom is -0.496 e. The number of benzene rings is 2. The molecule has 0 saturated carbocycles. The lowest BCUT2D eigenvalue weighted by Gasteiger charge is -2.13. The molecule has 2 aromatic heterocycles. The van der Waals surface area contributed by atoms with E-state index >= 15 is 0 Å². The molecule has 4 aromatic rings. The predicted molar refractivity (Wildman–Crippen MR) is 97.2 cm³/mol. The highest BCUT2D eigenvalue weighted by Gasteiger charge is 2.15. The van der Waals surface area contributed by atoms with Crippen molar-refractivity contribution in [1.82, 2.24) is 15.0 Å². The lowest BCUT2D eigenvalue weighted by atomic mass is 9.99. The van der Waals surface area contributed by atoms with Gasteiger partial charge in [0, 0.05) is 0 Å². The molecule has 0 saturated heterocycles. The second-order valence-electron chi connectivity index (χ2n) is 5.82. The van der Waals surface area contributed by atoms with Crippen molar-refractivity contribution in [2.45, 2.75) is 6.92 Å². The fourth-order valence-corrected chi connectivity index (χ4v) is 3.12. The van der Waals surface area contributed by atoms with Gasteiger partial charge < -0.3 is 9.72 Å². The molecule has 0 aliphatic rings. The first-order valence-corrected chi connectivity index (χ1v) is 7.78. The number of hydrogen-bond donors (Lipinski definition) is 2. The summed E-state index contributed by atoms with van der Waals surface area (Å²) in [4.78, 5) is 33.1. The van der Waals surface area contributed by atoms with E-state index in [1.54, 1.807) is 7.11 Å². The molecule has 2 N–H and O–H groups in total. The van der Waals surface area contributed by atoms with E-state index in [0.29, 0.717) is 17.0 Å². The van der Waals surface area contributed by atoms with Gasteiger partial charge in [-0.25, -0.2) is 9.78 Å². The van der Waals surface area contributed by atoms with E-state index in [0.717, 1.165) is 21.9 Å². The van der Waals surface area contributed by atoms with Gasteiger partial charge in [-0.05, 0) is 35.4 Å². The Labute approximate surface area is 142 Å². The Morgan fingerprint density at radius 1 is 1.04 bits per heavy atom. The number of methoxy groups -OCH3 is 1. The van der Waals surface area contributed by atoms with E-state index in [1.807, 2.05) is 49.4 Å². The van der Waals surface area contributed by atoms with Crippen LogP contribution in [0.15, 0.2) is 52.1 Å². The standard InChI is InChI=1S/C19H15N3O3/c1-10-9-13(20-17-16(10)21-19(24)22-18(17)23)15-12-6-4-3-5-11(12)7-8-14(15)25-2/h3-9H,1-2H3,(H2,21,22,23,24). The quantitative estimate of drug-likeness (QED) is 0.590. The number of pyridine rings is 1. The molecule has 124 valence electrons. The minimum absolute atomic E-state index is 0.199. The number of aromatic amines is 2. The number of aromatic nitrogens is 3. The molecule has 0 bridgehead atoms. The predicted octanol–water partition coefficient (Wildman–Crippen LogP) is 2.75. The molecule has 6 heteroatoms. The lowest BCUT2D eigenvalue weighted by molar-refractivity contribution is 0.417. The van der Waals surface area contributed by atoms with Crippen molar-refractivity contribution in [2.24, 2.45) is 0 Å². The van der Waals surface area contributed by atoms with Crippen LogP contribution < -0.4 is 16.0 Å². The van der Waals surface area contributed by atoms with Crippen molar-refractivity contribution in [3.8, 4) is 17.0 Å². The molecule has 0 radical (unpaired) electrons. The molecular weight excluding hydrogens is 318 g/mol. The average molecular weight is 333 g/mol.